The molecule has 0 unspecified atom stereocenters. The number of carbonyl (C=O) groups excluding carboxylic acids is 1. The highest BCUT2D eigenvalue weighted by Crippen LogP contribution is 2.33. The van der Waals surface area contributed by atoms with Crippen LogP contribution in [0.1, 0.15) is 18.7 Å². The van der Waals surface area contributed by atoms with Gasteiger partial charge < -0.3 is 9.47 Å². The van der Waals surface area contributed by atoms with Crippen LogP contribution in [0.4, 0.5) is 5.13 Å². The Morgan fingerprint density at radius 1 is 1.16 bits per heavy atom. The average Bonchev–Trinajstić information content (AvgIpc) is 3.18. The normalized spacial score (nSPS) is 14.8. The van der Waals surface area contributed by atoms with E-state index in [0.29, 0.717) is 15.9 Å². The van der Waals surface area contributed by atoms with E-state index >= 15 is 0 Å². The molecule has 0 radical (unpaired) electrons. The molecular weight excluding hydrogens is 446 g/mol. The number of nitrogens with one attached hydrogen (secondary N) is 1. The van der Waals surface area contributed by atoms with Crippen molar-refractivity contribution in [2.75, 3.05) is 31.6 Å². The number of halogens is 1. The fraction of sp³-hybridized carbons (Fsp3) is 0.333. The molecule has 0 spiro atoms. The summed E-state index contributed by atoms with van der Waals surface area (Å²) in [4.78, 5) is 21.3. The Hall–Kier alpha value is -2.45. The van der Waals surface area contributed by atoms with Gasteiger partial charge >= 0.3 is 0 Å². The Bertz CT molecular complexity index is 1050. The zero-order chi connectivity index (χ0) is 22.6. The van der Waals surface area contributed by atoms with Gasteiger partial charge in [0, 0.05) is 35.1 Å². The maximum atomic E-state index is 13.0. The molecule has 1 aliphatic heterocycles. The SMILES string of the molecule is CC(C)(Oc1ccc(Cl)cc1)C(=O)Nc1nc(-c2ccccc2)c(CN2CCOCC2)s1. The molecule has 0 atom stereocenters. The molecule has 6 nitrogen and oxygen atoms in total. The van der Waals surface area contributed by atoms with Gasteiger partial charge in [-0.3, -0.25) is 15.0 Å². The maximum Gasteiger partial charge on any atom is 0.269 e. The fourth-order valence-electron chi connectivity index (χ4n) is 3.39. The molecule has 4 rings (SSSR count). The largest absolute Gasteiger partial charge is 0.478 e. The summed E-state index contributed by atoms with van der Waals surface area (Å²) in [6.45, 7) is 7.48. The van der Waals surface area contributed by atoms with E-state index in [-0.39, 0.29) is 5.91 Å². The number of hydrogen-bond donors (Lipinski definition) is 1. The summed E-state index contributed by atoms with van der Waals surface area (Å²) in [6.07, 6.45) is 0. The van der Waals surface area contributed by atoms with E-state index in [0.717, 1.165) is 49.0 Å². The van der Waals surface area contributed by atoms with Crippen LogP contribution in [0, 0.1) is 0 Å². The van der Waals surface area contributed by atoms with Crippen molar-refractivity contribution in [1.29, 1.82) is 0 Å². The molecule has 32 heavy (non-hydrogen) atoms. The summed E-state index contributed by atoms with van der Waals surface area (Å²) in [5.41, 5.74) is 0.842. The minimum atomic E-state index is -1.09. The topological polar surface area (TPSA) is 63.7 Å². The van der Waals surface area contributed by atoms with Crippen LogP contribution >= 0.6 is 22.9 Å². The third kappa shape index (κ3) is 5.66. The fourth-order valence-corrected chi connectivity index (χ4v) is 4.53. The second-order valence-corrected chi connectivity index (χ2v) is 9.59. The van der Waals surface area contributed by atoms with Crippen LogP contribution in [0.15, 0.2) is 54.6 Å². The molecule has 8 heteroatoms. The first-order valence-corrected chi connectivity index (χ1v) is 11.7. The number of nitrogens with zero attached hydrogens (tertiary/aromatic N) is 2. The number of hydrogen-bond acceptors (Lipinski definition) is 6. The highest BCUT2D eigenvalue weighted by Gasteiger charge is 2.31. The number of rotatable bonds is 7. The Morgan fingerprint density at radius 3 is 2.53 bits per heavy atom. The van der Waals surface area contributed by atoms with Gasteiger partial charge in [0.2, 0.25) is 0 Å². The van der Waals surface area contributed by atoms with Gasteiger partial charge in [-0.05, 0) is 38.1 Å². The standard InChI is InChI=1S/C24H26ClN3O3S/c1-24(2,31-19-10-8-18(25)9-11-19)22(29)27-23-26-21(17-6-4-3-5-7-17)20(32-23)16-28-12-14-30-15-13-28/h3-11H,12-16H2,1-2H3,(H,26,27,29). The van der Waals surface area contributed by atoms with Crippen molar-refractivity contribution >= 4 is 34.0 Å². The Labute approximate surface area is 197 Å². The molecule has 2 aromatic carbocycles. The molecule has 2 heterocycles. The number of thiazole rings is 1. The third-order valence-corrected chi connectivity index (χ3v) is 6.38. The predicted octanol–water partition coefficient (Wildman–Crippen LogP) is 5.09. The van der Waals surface area contributed by atoms with Crippen molar-refractivity contribution in [3.05, 3.63) is 64.5 Å². The summed E-state index contributed by atoms with van der Waals surface area (Å²) in [5.74, 6) is 0.311. The van der Waals surface area contributed by atoms with Crippen molar-refractivity contribution < 1.29 is 14.3 Å². The molecule has 1 aromatic heterocycles. The minimum absolute atomic E-state index is 0.265. The molecule has 0 bridgehead atoms. The van der Waals surface area contributed by atoms with Gasteiger partial charge in [0.1, 0.15) is 5.75 Å². The van der Waals surface area contributed by atoms with E-state index in [1.165, 1.54) is 11.3 Å². The first kappa shape index (κ1) is 22.7. The highest BCUT2D eigenvalue weighted by atomic mass is 35.5. The van der Waals surface area contributed by atoms with Gasteiger partial charge in [-0.1, -0.05) is 53.3 Å². The summed E-state index contributed by atoms with van der Waals surface area (Å²) in [7, 11) is 0. The van der Waals surface area contributed by atoms with Gasteiger partial charge in [0.25, 0.3) is 5.91 Å². The molecule has 1 aliphatic rings. The third-order valence-electron chi connectivity index (χ3n) is 5.17. The number of carbonyl (C=O) groups is 1. The molecule has 0 aliphatic carbocycles. The van der Waals surface area contributed by atoms with Crippen molar-refractivity contribution in [1.82, 2.24) is 9.88 Å². The van der Waals surface area contributed by atoms with Crippen LogP contribution in [0.3, 0.4) is 0 Å². The zero-order valence-corrected chi connectivity index (χ0v) is 19.7. The van der Waals surface area contributed by atoms with Crippen LogP contribution in [0.25, 0.3) is 11.3 Å². The Kier molecular flexibility index (Phi) is 7.10. The summed E-state index contributed by atoms with van der Waals surface area (Å²) >= 11 is 7.44. The molecule has 1 fully saturated rings. The van der Waals surface area contributed by atoms with Gasteiger partial charge in [-0.15, -0.1) is 0 Å². The molecular formula is C24H26ClN3O3S. The number of anilines is 1. The summed E-state index contributed by atoms with van der Waals surface area (Å²) in [5, 5.41) is 4.13. The van der Waals surface area contributed by atoms with E-state index in [2.05, 4.69) is 10.2 Å². The Morgan fingerprint density at radius 2 is 1.84 bits per heavy atom. The van der Waals surface area contributed by atoms with Crippen molar-refractivity contribution in [3.63, 3.8) is 0 Å². The lowest BCUT2D eigenvalue weighted by Crippen LogP contribution is -2.42. The van der Waals surface area contributed by atoms with E-state index in [9.17, 15) is 4.79 Å². The van der Waals surface area contributed by atoms with E-state index in [1.54, 1.807) is 38.1 Å². The predicted molar refractivity (Wildman–Crippen MR) is 128 cm³/mol. The lowest BCUT2D eigenvalue weighted by atomic mass is 10.1. The average molecular weight is 472 g/mol. The second kappa shape index (κ2) is 10.0. The van der Waals surface area contributed by atoms with E-state index in [4.69, 9.17) is 26.1 Å². The van der Waals surface area contributed by atoms with Crippen LogP contribution < -0.4 is 10.1 Å². The van der Waals surface area contributed by atoms with Crippen LogP contribution in [0.5, 0.6) is 5.75 Å². The number of benzene rings is 2. The zero-order valence-electron chi connectivity index (χ0n) is 18.1. The summed E-state index contributed by atoms with van der Waals surface area (Å²) in [6, 6.07) is 17.0. The first-order valence-electron chi connectivity index (χ1n) is 10.5. The van der Waals surface area contributed by atoms with Gasteiger partial charge in [0.05, 0.1) is 18.9 Å². The van der Waals surface area contributed by atoms with E-state index < -0.39 is 5.60 Å². The molecule has 1 N–H and O–H groups in total. The van der Waals surface area contributed by atoms with Crippen LogP contribution in [-0.4, -0.2) is 47.7 Å². The number of aromatic nitrogens is 1. The van der Waals surface area contributed by atoms with Crippen LogP contribution in [-0.2, 0) is 16.1 Å². The van der Waals surface area contributed by atoms with Gasteiger partial charge in [-0.25, -0.2) is 4.98 Å². The van der Waals surface area contributed by atoms with Crippen molar-refractivity contribution in [2.24, 2.45) is 0 Å². The number of morpholine rings is 1. The lowest BCUT2D eigenvalue weighted by molar-refractivity contribution is -0.128. The molecule has 3 aromatic rings. The molecule has 168 valence electrons. The lowest BCUT2D eigenvalue weighted by Gasteiger charge is -2.26. The number of amides is 1. The smallest absolute Gasteiger partial charge is 0.269 e. The van der Waals surface area contributed by atoms with Gasteiger partial charge in [0.15, 0.2) is 10.7 Å². The minimum Gasteiger partial charge on any atom is -0.478 e. The highest BCUT2D eigenvalue weighted by molar-refractivity contribution is 7.16. The molecule has 1 saturated heterocycles. The number of ether oxygens (including phenoxy) is 2. The monoisotopic (exact) mass is 471 g/mol. The van der Waals surface area contributed by atoms with Crippen molar-refractivity contribution in [3.8, 4) is 17.0 Å². The molecule has 0 saturated carbocycles. The van der Waals surface area contributed by atoms with Gasteiger partial charge in [-0.2, -0.15) is 0 Å². The molecule has 1 amide bonds. The van der Waals surface area contributed by atoms with Crippen molar-refractivity contribution in [2.45, 2.75) is 26.0 Å². The summed E-state index contributed by atoms with van der Waals surface area (Å²) < 4.78 is 11.4. The van der Waals surface area contributed by atoms with E-state index in [1.807, 2.05) is 30.3 Å². The van der Waals surface area contributed by atoms with Crippen LogP contribution in [0.2, 0.25) is 5.02 Å². The maximum absolute atomic E-state index is 13.0. The first-order chi connectivity index (χ1) is 15.4. The quantitative estimate of drug-likeness (QED) is 0.520. The Balaban J connectivity index is 1.53. The second-order valence-electron chi connectivity index (χ2n) is 8.07.